The van der Waals surface area contributed by atoms with Crippen LogP contribution in [0.25, 0.3) is 0 Å². The summed E-state index contributed by atoms with van der Waals surface area (Å²) in [6.45, 7) is 2.78. The van der Waals surface area contributed by atoms with Crippen LogP contribution < -0.4 is 5.32 Å². The Bertz CT molecular complexity index is 629. The maximum atomic E-state index is 12.2. The zero-order chi connectivity index (χ0) is 17.3. The van der Waals surface area contributed by atoms with Gasteiger partial charge in [0.2, 0.25) is 5.91 Å². The number of nitrogens with zero attached hydrogens (tertiary/aromatic N) is 2. The molecule has 1 spiro atoms. The van der Waals surface area contributed by atoms with Crippen molar-refractivity contribution in [2.24, 2.45) is 11.8 Å². The van der Waals surface area contributed by atoms with Crippen LogP contribution in [-0.2, 0) is 9.53 Å². The van der Waals surface area contributed by atoms with Crippen molar-refractivity contribution >= 4 is 11.8 Å². The van der Waals surface area contributed by atoms with Crippen molar-refractivity contribution in [2.45, 2.75) is 37.7 Å². The number of pyridine rings is 1. The molecule has 1 saturated carbocycles. The highest BCUT2D eigenvalue weighted by molar-refractivity contribution is 5.93. The first kappa shape index (κ1) is 16.5. The summed E-state index contributed by atoms with van der Waals surface area (Å²) in [5, 5.41) is 2.98. The monoisotopic (exact) mass is 343 g/mol. The van der Waals surface area contributed by atoms with E-state index in [2.05, 4.69) is 10.3 Å². The van der Waals surface area contributed by atoms with Crippen LogP contribution in [0.4, 0.5) is 0 Å². The van der Waals surface area contributed by atoms with Crippen molar-refractivity contribution in [1.29, 1.82) is 0 Å². The van der Waals surface area contributed by atoms with Gasteiger partial charge in [-0.3, -0.25) is 14.6 Å². The average Bonchev–Trinajstić information content (AvgIpc) is 2.57. The van der Waals surface area contributed by atoms with Crippen LogP contribution in [0.2, 0.25) is 0 Å². The highest BCUT2D eigenvalue weighted by atomic mass is 16.5. The van der Waals surface area contributed by atoms with Crippen molar-refractivity contribution in [1.82, 2.24) is 15.2 Å². The van der Waals surface area contributed by atoms with Gasteiger partial charge in [-0.15, -0.1) is 0 Å². The van der Waals surface area contributed by atoms with E-state index in [0.29, 0.717) is 30.5 Å². The minimum Gasteiger partial charge on any atom is -0.371 e. The van der Waals surface area contributed by atoms with Crippen LogP contribution in [0.3, 0.4) is 0 Å². The zero-order valence-electron chi connectivity index (χ0n) is 14.4. The Hall–Kier alpha value is -1.95. The number of ether oxygens (including phenoxy) is 1. The lowest BCUT2D eigenvalue weighted by Crippen LogP contribution is -2.67. The molecule has 6 nitrogen and oxygen atoms in total. The average molecular weight is 343 g/mol. The van der Waals surface area contributed by atoms with E-state index in [0.717, 1.165) is 38.8 Å². The molecule has 2 aliphatic heterocycles. The number of hydrogen-bond acceptors (Lipinski definition) is 4. The number of amides is 2. The van der Waals surface area contributed by atoms with Crippen molar-refractivity contribution in [3.8, 4) is 0 Å². The molecule has 1 aromatic rings. The molecular weight excluding hydrogens is 318 g/mol. The van der Waals surface area contributed by atoms with E-state index in [9.17, 15) is 9.59 Å². The van der Waals surface area contributed by atoms with Gasteiger partial charge < -0.3 is 15.0 Å². The van der Waals surface area contributed by atoms with Gasteiger partial charge in [-0.25, -0.2) is 0 Å². The predicted octanol–water partition coefficient (Wildman–Crippen LogP) is 1.62. The minimum absolute atomic E-state index is 0.0661. The van der Waals surface area contributed by atoms with E-state index < -0.39 is 0 Å². The molecule has 2 saturated heterocycles. The van der Waals surface area contributed by atoms with Gasteiger partial charge in [0.25, 0.3) is 5.91 Å². The molecule has 3 fully saturated rings. The molecule has 134 valence electrons. The topological polar surface area (TPSA) is 71.5 Å². The smallest absolute Gasteiger partial charge is 0.251 e. The minimum atomic E-state index is -0.120. The van der Waals surface area contributed by atoms with Gasteiger partial charge in [0.05, 0.1) is 19.7 Å². The number of hydrogen-bond donors (Lipinski definition) is 1. The van der Waals surface area contributed by atoms with Gasteiger partial charge in [-0.05, 0) is 43.7 Å². The fourth-order valence-corrected chi connectivity index (χ4v) is 3.89. The second-order valence-corrected chi connectivity index (χ2v) is 7.67. The van der Waals surface area contributed by atoms with E-state index in [1.54, 1.807) is 24.5 Å². The lowest BCUT2D eigenvalue weighted by molar-refractivity contribution is -0.192. The molecule has 3 heterocycles. The predicted molar refractivity (Wildman–Crippen MR) is 91.9 cm³/mol. The number of rotatable bonds is 4. The first-order valence-corrected chi connectivity index (χ1v) is 9.26. The summed E-state index contributed by atoms with van der Waals surface area (Å²) in [4.78, 5) is 30.2. The highest BCUT2D eigenvalue weighted by Gasteiger charge is 2.49. The van der Waals surface area contributed by atoms with E-state index in [4.69, 9.17) is 4.74 Å². The SMILES string of the molecule is O=C(NC[C@H]1CCC2(CN(C(=O)C3CCC3)C2)OC1)c1ccncc1. The second-order valence-electron chi connectivity index (χ2n) is 7.67. The molecule has 25 heavy (non-hydrogen) atoms. The Morgan fingerprint density at radius 3 is 2.60 bits per heavy atom. The van der Waals surface area contributed by atoms with Crippen molar-refractivity contribution in [3.05, 3.63) is 30.1 Å². The first-order chi connectivity index (χ1) is 12.2. The summed E-state index contributed by atoms with van der Waals surface area (Å²) in [6, 6.07) is 3.42. The molecule has 6 heteroatoms. The molecule has 1 atom stereocenters. The van der Waals surface area contributed by atoms with Gasteiger partial charge in [0, 0.05) is 30.4 Å². The van der Waals surface area contributed by atoms with Gasteiger partial charge >= 0.3 is 0 Å². The van der Waals surface area contributed by atoms with Gasteiger partial charge in [-0.2, -0.15) is 0 Å². The third kappa shape index (κ3) is 3.40. The first-order valence-electron chi connectivity index (χ1n) is 9.26. The Labute approximate surface area is 147 Å². The lowest BCUT2D eigenvalue weighted by Gasteiger charge is -2.54. The van der Waals surface area contributed by atoms with Crippen LogP contribution in [0.1, 0.15) is 42.5 Å². The fraction of sp³-hybridized carbons (Fsp3) is 0.632. The molecule has 3 aliphatic rings. The highest BCUT2D eigenvalue weighted by Crippen LogP contribution is 2.38. The standard InChI is InChI=1S/C19H25N3O3/c23-17(15-5-8-20-9-6-15)21-10-14-4-7-19(25-11-14)12-22(13-19)18(24)16-2-1-3-16/h5-6,8-9,14,16H,1-4,7,10-13H2,(H,21,23)/t14-/m1/s1. The number of carbonyl (C=O) groups excluding carboxylic acids is 2. The summed E-state index contributed by atoms with van der Waals surface area (Å²) in [5.74, 6) is 0.876. The van der Waals surface area contributed by atoms with E-state index in [1.807, 2.05) is 4.90 Å². The van der Waals surface area contributed by atoms with Gasteiger partial charge in [-0.1, -0.05) is 6.42 Å². The van der Waals surface area contributed by atoms with Crippen LogP contribution in [-0.4, -0.2) is 53.5 Å². The third-order valence-electron chi connectivity index (χ3n) is 5.85. The van der Waals surface area contributed by atoms with Crippen LogP contribution in [0, 0.1) is 11.8 Å². The molecule has 0 radical (unpaired) electrons. The van der Waals surface area contributed by atoms with Crippen molar-refractivity contribution < 1.29 is 14.3 Å². The van der Waals surface area contributed by atoms with Gasteiger partial charge in [0.1, 0.15) is 5.60 Å². The van der Waals surface area contributed by atoms with E-state index >= 15 is 0 Å². The Balaban J connectivity index is 1.19. The maximum Gasteiger partial charge on any atom is 0.251 e. The molecule has 2 amide bonds. The molecule has 0 unspecified atom stereocenters. The van der Waals surface area contributed by atoms with Crippen LogP contribution in [0.15, 0.2) is 24.5 Å². The molecule has 1 aliphatic carbocycles. The van der Waals surface area contributed by atoms with E-state index in [-0.39, 0.29) is 17.4 Å². The van der Waals surface area contributed by atoms with Crippen molar-refractivity contribution in [2.75, 3.05) is 26.2 Å². The van der Waals surface area contributed by atoms with Gasteiger partial charge in [0.15, 0.2) is 0 Å². The summed E-state index contributed by atoms with van der Waals surface area (Å²) < 4.78 is 6.11. The third-order valence-corrected chi connectivity index (χ3v) is 5.85. The largest absolute Gasteiger partial charge is 0.371 e. The molecule has 0 bridgehead atoms. The van der Waals surface area contributed by atoms with E-state index in [1.165, 1.54) is 6.42 Å². The molecule has 4 rings (SSSR count). The lowest BCUT2D eigenvalue weighted by atomic mass is 9.79. The Kier molecular flexibility index (Phi) is 4.46. The summed E-state index contributed by atoms with van der Waals surface area (Å²) in [6.07, 6.45) is 8.55. The summed E-state index contributed by atoms with van der Waals surface area (Å²) in [7, 11) is 0. The van der Waals surface area contributed by atoms with Crippen molar-refractivity contribution in [3.63, 3.8) is 0 Å². The quantitative estimate of drug-likeness (QED) is 0.902. The molecule has 1 N–H and O–H groups in total. The number of nitrogens with one attached hydrogen (secondary N) is 1. The van der Waals surface area contributed by atoms with Crippen LogP contribution >= 0.6 is 0 Å². The Morgan fingerprint density at radius 1 is 1.24 bits per heavy atom. The van der Waals surface area contributed by atoms with Crippen LogP contribution in [0.5, 0.6) is 0 Å². The normalized spacial score (nSPS) is 25.1. The number of likely N-dealkylation sites (tertiary alicyclic amines) is 1. The number of carbonyl (C=O) groups is 2. The molecule has 1 aromatic heterocycles. The molecule has 0 aromatic carbocycles. The summed E-state index contributed by atoms with van der Waals surface area (Å²) >= 11 is 0. The zero-order valence-corrected chi connectivity index (χ0v) is 14.4. The maximum absolute atomic E-state index is 12.2. The molecular formula is C19H25N3O3. The second kappa shape index (κ2) is 6.75. The summed E-state index contributed by atoms with van der Waals surface area (Å²) in [5.41, 5.74) is 0.512. The Morgan fingerprint density at radius 2 is 2.00 bits per heavy atom. The fourth-order valence-electron chi connectivity index (χ4n) is 3.89. The number of aromatic nitrogens is 1.